The van der Waals surface area contributed by atoms with Crippen LogP contribution in [-0.2, 0) is 5.54 Å². The summed E-state index contributed by atoms with van der Waals surface area (Å²) in [5.74, 6) is 0.871. The van der Waals surface area contributed by atoms with Gasteiger partial charge in [-0.2, -0.15) is 0 Å². The van der Waals surface area contributed by atoms with Gasteiger partial charge in [-0.25, -0.2) is 9.97 Å². The van der Waals surface area contributed by atoms with Gasteiger partial charge in [0.15, 0.2) is 12.0 Å². The molecule has 0 unspecified atom stereocenters. The number of hydrogen-bond donors (Lipinski definition) is 2. The molecule has 0 atom stereocenters. The fraction of sp³-hybridized carbons (Fsp3) is 0.231. The number of H-pyrrole nitrogens is 1. The maximum Gasteiger partial charge on any atom is 0.181 e. The lowest BCUT2D eigenvalue weighted by Crippen LogP contribution is -2.20. The second-order valence-electron chi connectivity index (χ2n) is 4.84. The smallest absolute Gasteiger partial charge is 0.181 e. The summed E-state index contributed by atoms with van der Waals surface area (Å²) < 4.78 is 5.30. The normalized spacial score (nSPS) is 17.2. The molecule has 0 aliphatic heterocycles. The molecule has 5 nitrogen and oxygen atoms in total. The lowest BCUT2D eigenvalue weighted by Gasteiger charge is -2.03. The number of fused-ring (bicyclic) bond motifs is 1. The Kier molecular flexibility index (Phi) is 1.75. The van der Waals surface area contributed by atoms with Crippen molar-refractivity contribution < 1.29 is 4.42 Å². The molecule has 0 radical (unpaired) electrons. The van der Waals surface area contributed by atoms with Crippen molar-refractivity contribution in [3.05, 3.63) is 36.6 Å². The molecule has 1 aliphatic carbocycles. The third-order valence-corrected chi connectivity index (χ3v) is 3.48. The average molecular weight is 240 g/mol. The Morgan fingerprint density at radius 3 is 3.00 bits per heavy atom. The zero-order valence-corrected chi connectivity index (χ0v) is 9.68. The Hall–Kier alpha value is -2.14. The first-order valence-corrected chi connectivity index (χ1v) is 5.93. The quantitative estimate of drug-likeness (QED) is 0.719. The summed E-state index contributed by atoms with van der Waals surface area (Å²) in [7, 11) is 0. The van der Waals surface area contributed by atoms with Crippen LogP contribution in [-0.4, -0.2) is 15.0 Å². The van der Waals surface area contributed by atoms with Crippen molar-refractivity contribution >= 4 is 11.1 Å². The minimum absolute atomic E-state index is 0.228. The summed E-state index contributed by atoms with van der Waals surface area (Å²) in [6.45, 7) is 0. The molecule has 1 aliphatic rings. The van der Waals surface area contributed by atoms with Crippen LogP contribution in [0.1, 0.15) is 18.7 Å². The molecule has 0 spiro atoms. The molecule has 0 amide bonds. The Balaban J connectivity index is 1.79. The van der Waals surface area contributed by atoms with Crippen LogP contribution in [0.15, 0.2) is 35.2 Å². The number of nitrogens with two attached hydrogens (primary N) is 1. The van der Waals surface area contributed by atoms with Gasteiger partial charge in [0.25, 0.3) is 0 Å². The number of aromatic nitrogens is 3. The number of nitrogens with one attached hydrogen (secondary N) is 1. The van der Waals surface area contributed by atoms with Crippen molar-refractivity contribution in [1.29, 1.82) is 0 Å². The average Bonchev–Trinajstić information content (AvgIpc) is 2.89. The third-order valence-electron chi connectivity index (χ3n) is 3.48. The molecule has 0 saturated heterocycles. The molecule has 3 N–H and O–H groups in total. The number of rotatable bonds is 2. The van der Waals surface area contributed by atoms with Gasteiger partial charge in [0.2, 0.25) is 0 Å². The van der Waals surface area contributed by atoms with Gasteiger partial charge in [0.1, 0.15) is 11.3 Å². The number of hydrogen-bond acceptors (Lipinski definition) is 4. The van der Waals surface area contributed by atoms with E-state index < -0.39 is 0 Å². The van der Waals surface area contributed by atoms with E-state index in [1.807, 2.05) is 24.4 Å². The summed E-state index contributed by atoms with van der Waals surface area (Å²) in [6, 6.07) is 5.89. The van der Waals surface area contributed by atoms with Crippen LogP contribution in [0.2, 0.25) is 0 Å². The van der Waals surface area contributed by atoms with E-state index in [9.17, 15) is 0 Å². The van der Waals surface area contributed by atoms with Crippen molar-refractivity contribution in [2.75, 3.05) is 0 Å². The summed E-state index contributed by atoms with van der Waals surface area (Å²) in [4.78, 5) is 11.8. The first-order valence-electron chi connectivity index (χ1n) is 5.93. The minimum Gasteiger partial charge on any atom is -0.443 e. The highest BCUT2D eigenvalue weighted by atomic mass is 16.3. The van der Waals surface area contributed by atoms with Crippen LogP contribution >= 0.6 is 0 Å². The number of oxazole rings is 1. The van der Waals surface area contributed by atoms with Crippen molar-refractivity contribution in [2.24, 2.45) is 5.73 Å². The van der Waals surface area contributed by atoms with Gasteiger partial charge in [-0.05, 0) is 25.0 Å². The predicted octanol–water partition coefficient (Wildman–Crippen LogP) is 2.17. The van der Waals surface area contributed by atoms with E-state index in [0.29, 0.717) is 0 Å². The molecule has 18 heavy (non-hydrogen) atoms. The summed E-state index contributed by atoms with van der Waals surface area (Å²) in [5.41, 5.74) is 9.50. The van der Waals surface area contributed by atoms with E-state index in [1.165, 1.54) is 6.39 Å². The van der Waals surface area contributed by atoms with Crippen molar-refractivity contribution in [3.8, 4) is 11.3 Å². The van der Waals surface area contributed by atoms with Crippen molar-refractivity contribution in [3.63, 3.8) is 0 Å². The van der Waals surface area contributed by atoms with Crippen LogP contribution in [0.5, 0.6) is 0 Å². The number of nitrogens with zero attached hydrogens (tertiary/aromatic N) is 2. The summed E-state index contributed by atoms with van der Waals surface area (Å²) in [5, 5.41) is 0. The van der Waals surface area contributed by atoms with Crippen molar-refractivity contribution in [2.45, 2.75) is 18.4 Å². The molecule has 90 valence electrons. The zero-order valence-electron chi connectivity index (χ0n) is 9.68. The Morgan fingerprint density at radius 1 is 1.28 bits per heavy atom. The largest absolute Gasteiger partial charge is 0.443 e. The Morgan fingerprint density at radius 2 is 2.17 bits per heavy atom. The Bertz CT molecular complexity index is 723. The van der Waals surface area contributed by atoms with Gasteiger partial charge < -0.3 is 15.1 Å². The SMILES string of the molecule is NC1(c2ncc(-c3ccc4ncoc4c3)[nH]2)CC1. The topological polar surface area (TPSA) is 80.7 Å². The van der Waals surface area contributed by atoms with Gasteiger partial charge in [-0.3, -0.25) is 0 Å². The molecule has 2 aromatic heterocycles. The molecule has 1 saturated carbocycles. The first kappa shape index (κ1) is 9.85. The molecule has 1 fully saturated rings. The Labute approximate surface area is 103 Å². The van der Waals surface area contributed by atoms with E-state index in [0.717, 1.165) is 41.0 Å². The summed E-state index contributed by atoms with van der Waals surface area (Å²) >= 11 is 0. The van der Waals surface area contributed by atoms with Crippen molar-refractivity contribution in [1.82, 2.24) is 15.0 Å². The zero-order chi connectivity index (χ0) is 12.2. The van der Waals surface area contributed by atoms with E-state index in [1.54, 1.807) is 0 Å². The monoisotopic (exact) mass is 240 g/mol. The number of benzene rings is 1. The molecule has 5 heteroatoms. The lowest BCUT2D eigenvalue weighted by atomic mass is 10.1. The van der Waals surface area contributed by atoms with E-state index in [4.69, 9.17) is 10.2 Å². The second kappa shape index (κ2) is 3.20. The fourth-order valence-electron chi connectivity index (χ4n) is 2.12. The van der Waals surface area contributed by atoms with Crippen LogP contribution in [0.4, 0.5) is 0 Å². The summed E-state index contributed by atoms with van der Waals surface area (Å²) in [6.07, 6.45) is 5.27. The van der Waals surface area contributed by atoms with E-state index in [-0.39, 0.29) is 5.54 Å². The van der Waals surface area contributed by atoms with Gasteiger partial charge >= 0.3 is 0 Å². The maximum absolute atomic E-state index is 6.11. The van der Waals surface area contributed by atoms with Gasteiger partial charge in [-0.15, -0.1) is 0 Å². The van der Waals surface area contributed by atoms with Gasteiger partial charge in [0, 0.05) is 5.56 Å². The minimum atomic E-state index is -0.228. The lowest BCUT2D eigenvalue weighted by molar-refractivity contribution is 0.602. The molecular formula is C13H12N4O. The van der Waals surface area contributed by atoms with E-state index >= 15 is 0 Å². The molecule has 3 aromatic rings. The molecular weight excluding hydrogens is 228 g/mol. The highest BCUT2D eigenvalue weighted by Crippen LogP contribution is 2.41. The highest BCUT2D eigenvalue weighted by molar-refractivity contribution is 5.78. The fourth-order valence-corrected chi connectivity index (χ4v) is 2.12. The third kappa shape index (κ3) is 1.37. The molecule has 0 bridgehead atoms. The van der Waals surface area contributed by atoms with E-state index in [2.05, 4.69) is 15.0 Å². The van der Waals surface area contributed by atoms with Gasteiger partial charge in [-0.1, -0.05) is 6.07 Å². The second-order valence-corrected chi connectivity index (χ2v) is 4.84. The van der Waals surface area contributed by atoms with Crippen LogP contribution < -0.4 is 5.73 Å². The standard InChI is InChI=1S/C13H12N4O/c14-13(3-4-13)12-15-6-10(17-12)8-1-2-9-11(5-8)18-7-16-9/h1-2,5-7H,3-4,14H2,(H,15,17). The molecule has 1 aromatic carbocycles. The van der Waals surface area contributed by atoms with Gasteiger partial charge in [0.05, 0.1) is 17.4 Å². The van der Waals surface area contributed by atoms with Crippen LogP contribution in [0, 0.1) is 0 Å². The first-order chi connectivity index (χ1) is 8.74. The molecule has 4 rings (SSSR count). The molecule has 2 heterocycles. The van der Waals surface area contributed by atoms with Crippen LogP contribution in [0.3, 0.4) is 0 Å². The number of aromatic amines is 1. The van der Waals surface area contributed by atoms with Crippen LogP contribution in [0.25, 0.3) is 22.4 Å². The number of imidazole rings is 1. The predicted molar refractivity (Wildman–Crippen MR) is 66.7 cm³/mol. The highest BCUT2D eigenvalue weighted by Gasteiger charge is 2.42. The maximum atomic E-state index is 6.11.